The largest absolute Gasteiger partial charge is 0.481 e. The molecule has 0 saturated heterocycles. The summed E-state index contributed by atoms with van der Waals surface area (Å²) in [5.74, 6) is -1.05. The molecule has 2 aliphatic carbocycles. The van der Waals surface area contributed by atoms with E-state index in [9.17, 15) is 14.4 Å². The summed E-state index contributed by atoms with van der Waals surface area (Å²) in [5, 5.41) is 14.5. The maximum Gasteiger partial charge on any atom is 0.407 e. The van der Waals surface area contributed by atoms with Crippen LogP contribution >= 0.6 is 0 Å². The maximum absolute atomic E-state index is 13.0. The Bertz CT molecular complexity index is 1020. The number of fused-ring (bicyclic) bond motifs is 3. The zero-order chi connectivity index (χ0) is 24.8. The first-order valence-electron chi connectivity index (χ1n) is 12.6. The van der Waals surface area contributed by atoms with Gasteiger partial charge in [0.15, 0.2) is 0 Å². The Hall–Kier alpha value is -3.35. The number of alkyl carbamates (subject to hydrolysis) is 1. The van der Waals surface area contributed by atoms with Crippen molar-refractivity contribution in [3.63, 3.8) is 0 Å². The van der Waals surface area contributed by atoms with Gasteiger partial charge in [-0.25, -0.2) is 4.79 Å². The molecule has 0 spiro atoms. The van der Waals surface area contributed by atoms with E-state index in [2.05, 4.69) is 34.9 Å². The molecule has 35 heavy (non-hydrogen) atoms. The van der Waals surface area contributed by atoms with Crippen LogP contribution in [0, 0.1) is 5.92 Å². The third-order valence-corrected chi connectivity index (χ3v) is 7.12. The molecule has 2 aromatic carbocycles. The maximum atomic E-state index is 13.0. The molecule has 4 rings (SSSR count). The van der Waals surface area contributed by atoms with Gasteiger partial charge in [0.2, 0.25) is 5.91 Å². The van der Waals surface area contributed by atoms with Gasteiger partial charge in [-0.2, -0.15) is 0 Å². The van der Waals surface area contributed by atoms with Crippen molar-refractivity contribution in [1.82, 2.24) is 10.6 Å². The molecule has 7 nitrogen and oxygen atoms in total. The Morgan fingerprint density at radius 2 is 1.54 bits per heavy atom. The van der Waals surface area contributed by atoms with Crippen molar-refractivity contribution < 1.29 is 24.2 Å². The monoisotopic (exact) mass is 478 g/mol. The standard InChI is InChI=1S/C28H34N2O5/c1-18(15-26(31)32)29-27(33)25(16-19-9-3-2-4-10-19)30-28(34)35-17-24-22-13-7-5-11-20(22)21-12-6-8-14-23(21)24/h5-8,11-14,18-19,24-25H,2-4,9-10,15-17H2,1H3,(H,29,33)(H,30,34)(H,31,32). The quantitative estimate of drug-likeness (QED) is 0.478. The van der Waals surface area contributed by atoms with Gasteiger partial charge in [-0.15, -0.1) is 0 Å². The molecule has 7 heteroatoms. The molecule has 2 amide bonds. The van der Waals surface area contributed by atoms with Crippen molar-refractivity contribution in [3.8, 4) is 11.1 Å². The number of benzene rings is 2. The summed E-state index contributed by atoms with van der Waals surface area (Å²) >= 11 is 0. The van der Waals surface area contributed by atoms with Crippen LogP contribution in [-0.4, -0.2) is 41.8 Å². The highest BCUT2D eigenvalue weighted by Crippen LogP contribution is 2.44. The van der Waals surface area contributed by atoms with Crippen LogP contribution in [-0.2, 0) is 14.3 Å². The third kappa shape index (κ3) is 6.21. The number of carboxylic acids is 1. The molecule has 1 fully saturated rings. The lowest BCUT2D eigenvalue weighted by molar-refractivity contribution is -0.137. The van der Waals surface area contributed by atoms with Crippen molar-refractivity contribution in [1.29, 1.82) is 0 Å². The number of aliphatic carboxylic acids is 1. The molecule has 0 radical (unpaired) electrons. The summed E-state index contributed by atoms with van der Waals surface area (Å²) in [7, 11) is 0. The number of rotatable bonds is 9. The number of amides is 2. The van der Waals surface area contributed by atoms with Crippen LogP contribution in [0.2, 0.25) is 0 Å². The molecule has 2 atom stereocenters. The molecule has 2 aromatic rings. The summed E-state index contributed by atoms with van der Waals surface area (Å²) in [4.78, 5) is 36.8. The number of carbonyl (C=O) groups excluding carboxylic acids is 2. The molecule has 0 bridgehead atoms. The first-order valence-corrected chi connectivity index (χ1v) is 12.6. The lowest BCUT2D eigenvalue weighted by Gasteiger charge is -2.27. The summed E-state index contributed by atoms with van der Waals surface area (Å²) in [6, 6.07) is 15.0. The number of carboxylic acid groups (broad SMARTS) is 1. The van der Waals surface area contributed by atoms with Gasteiger partial charge in [0.05, 0.1) is 6.42 Å². The van der Waals surface area contributed by atoms with Gasteiger partial charge in [-0.05, 0) is 41.5 Å². The SMILES string of the molecule is CC(CC(=O)O)NC(=O)C(CC1CCCCC1)NC(=O)OCC1c2ccccc2-c2ccccc21. The molecule has 1 saturated carbocycles. The lowest BCUT2D eigenvalue weighted by atomic mass is 9.84. The number of ether oxygens (including phenoxy) is 1. The average Bonchev–Trinajstić information content (AvgIpc) is 3.16. The highest BCUT2D eigenvalue weighted by atomic mass is 16.5. The van der Waals surface area contributed by atoms with E-state index < -0.39 is 24.1 Å². The Labute approximate surface area is 206 Å². The van der Waals surface area contributed by atoms with Crippen LogP contribution in [0.3, 0.4) is 0 Å². The normalized spacial score (nSPS) is 17.1. The minimum atomic E-state index is -0.980. The van der Waals surface area contributed by atoms with E-state index in [0.29, 0.717) is 12.3 Å². The minimum Gasteiger partial charge on any atom is -0.481 e. The van der Waals surface area contributed by atoms with Crippen molar-refractivity contribution in [2.75, 3.05) is 6.61 Å². The molecule has 0 heterocycles. The van der Waals surface area contributed by atoms with Crippen LogP contribution in [0.25, 0.3) is 11.1 Å². The fourth-order valence-electron chi connectivity index (χ4n) is 5.43. The predicted octanol–water partition coefficient (Wildman–Crippen LogP) is 4.84. The Morgan fingerprint density at radius 3 is 2.14 bits per heavy atom. The van der Waals surface area contributed by atoms with E-state index in [4.69, 9.17) is 9.84 Å². The number of hydrogen-bond acceptors (Lipinski definition) is 4. The minimum absolute atomic E-state index is 0.0608. The second kappa shape index (κ2) is 11.4. The lowest BCUT2D eigenvalue weighted by Crippen LogP contribution is -2.50. The molecular formula is C28H34N2O5. The summed E-state index contributed by atoms with van der Waals surface area (Å²) < 4.78 is 5.65. The topological polar surface area (TPSA) is 105 Å². The fourth-order valence-corrected chi connectivity index (χ4v) is 5.43. The van der Waals surface area contributed by atoms with E-state index in [-0.39, 0.29) is 24.9 Å². The molecule has 186 valence electrons. The zero-order valence-corrected chi connectivity index (χ0v) is 20.2. The molecule has 2 unspecified atom stereocenters. The first kappa shape index (κ1) is 24.8. The number of carbonyl (C=O) groups is 3. The van der Waals surface area contributed by atoms with E-state index in [1.807, 2.05) is 24.3 Å². The smallest absolute Gasteiger partial charge is 0.407 e. The molecule has 0 aliphatic heterocycles. The van der Waals surface area contributed by atoms with Crippen LogP contribution < -0.4 is 10.6 Å². The van der Waals surface area contributed by atoms with Crippen LogP contribution in [0.15, 0.2) is 48.5 Å². The fraction of sp³-hybridized carbons (Fsp3) is 0.464. The Morgan fingerprint density at radius 1 is 0.943 bits per heavy atom. The number of hydrogen-bond donors (Lipinski definition) is 3. The van der Waals surface area contributed by atoms with Gasteiger partial charge in [0.25, 0.3) is 0 Å². The van der Waals surface area contributed by atoms with E-state index >= 15 is 0 Å². The summed E-state index contributed by atoms with van der Waals surface area (Å²) in [6.45, 7) is 1.82. The molecule has 2 aliphatic rings. The Kier molecular flexibility index (Phi) is 8.06. The van der Waals surface area contributed by atoms with Crippen LogP contribution in [0.1, 0.15) is 68.9 Å². The van der Waals surface area contributed by atoms with Crippen molar-refractivity contribution in [3.05, 3.63) is 59.7 Å². The van der Waals surface area contributed by atoms with E-state index in [1.54, 1.807) is 6.92 Å². The third-order valence-electron chi connectivity index (χ3n) is 7.12. The van der Waals surface area contributed by atoms with Gasteiger partial charge in [0.1, 0.15) is 12.6 Å². The van der Waals surface area contributed by atoms with Gasteiger partial charge in [-0.1, -0.05) is 80.6 Å². The van der Waals surface area contributed by atoms with E-state index in [1.165, 1.54) is 6.42 Å². The van der Waals surface area contributed by atoms with Gasteiger partial charge in [0, 0.05) is 12.0 Å². The van der Waals surface area contributed by atoms with Gasteiger partial charge in [-0.3, -0.25) is 9.59 Å². The zero-order valence-electron chi connectivity index (χ0n) is 20.2. The summed E-state index contributed by atoms with van der Waals surface area (Å²) in [5.41, 5.74) is 4.55. The van der Waals surface area contributed by atoms with Crippen LogP contribution in [0.4, 0.5) is 4.79 Å². The number of nitrogens with one attached hydrogen (secondary N) is 2. The second-order valence-electron chi connectivity index (χ2n) is 9.77. The predicted molar refractivity (Wildman–Crippen MR) is 133 cm³/mol. The van der Waals surface area contributed by atoms with Gasteiger partial charge >= 0.3 is 12.1 Å². The Balaban J connectivity index is 1.41. The van der Waals surface area contributed by atoms with E-state index in [0.717, 1.165) is 47.9 Å². The highest BCUT2D eigenvalue weighted by Gasteiger charge is 2.31. The molecule has 3 N–H and O–H groups in total. The molecular weight excluding hydrogens is 444 g/mol. The molecule has 0 aromatic heterocycles. The van der Waals surface area contributed by atoms with Crippen molar-refractivity contribution in [2.45, 2.75) is 69.9 Å². The highest BCUT2D eigenvalue weighted by molar-refractivity contribution is 5.86. The van der Waals surface area contributed by atoms with Crippen molar-refractivity contribution >= 4 is 18.0 Å². The second-order valence-corrected chi connectivity index (χ2v) is 9.77. The van der Waals surface area contributed by atoms with Crippen molar-refractivity contribution in [2.24, 2.45) is 5.92 Å². The van der Waals surface area contributed by atoms with Gasteiger partial charge < -0.3 is 20.5 Å². The van der Waals surface area contributed by atoms with Crippen LogP contribution in [0.5, 0.6) is 0 Å². The summed E-state index contributed by atoms with van der Waals surface area (Å²) in [6.07, 6.45) is 5.22. The first-order chi connectivity index (χ1) is 16.9. The average molecular weight is 479 g/mol.